The Morgan fingerprint density at radius 3 is 2.50 bits per heavy atom. The van der Waals surface area contributed by atoms with Gasteiger partial charge in [0, 0.05) is 35.6 Å². The molecule has 2 aromatic rings. The lowest BCUT2D eigenvalue weighted by molar-refractivity contribution is -0.131. The molecule has 2 atom stereocenters. The molecule has 4 nitrogen and oxygen atoms in total. The number of benzene rings is 1. The van der Waals surface area contributed by atoms with Gasteiger partial charge in [-0.1, -0.05) is 29.8 Å². The molecule has 3 heterocycles. The smallest absolute Gasteiger partial charge is 0.227 e. The van der Waals surface area contributed by atoms with E-state index in [1.807, 2.05) is 18.9 Å². The molecule has 2 fully saturated rings. The van der Waals surface area contributed by atoms with Gasteiger partial charge in [0.2, 0.25) is 5.91 Å². The molecule has 1 amide bonds. The van der Waals surface area contributed by atoms with E-state index in [0.717, 1.165) is 34.0 Å². The van der Waals surface area contributed by atoms with E-state index in [2.05, 4.69) is 36.5 Å². The Kier molecular flexibility index (Phi) is 4.84. The summed E-state index contributed by atoms with van der Waals surface area (Å²) in [4.78, 5) is 20.8. The van der Waals surface area contributed by atoms with Crippen molar-refractivity contribution in [1.82, 2.24) is 15.2 Å². The number of nitrogens with one attached hydrogen (secondary N) is 1. The van der Waals surface area contributed by atoms with Crippen molar-refractivity contribution in [2.45, 2.75) is 64.1 Å². The van der Waals surface area contributed by atoms with E-state index >= 15 is 0 Å². The number of likely N-dealkylation sites (N-methyl/N-ethyl adjacent to an activating group) is 1. The molecule has 1 N–H and O–H groups in total. The van der Waals surface area contributed by atoms with Gasteiger partial charge in [0.25, 0.3) is 0 Å². The van der Waals surface area contributed by atoms with Crippen molar-refractivity contribution in [1.29, 1.82) is 0 Å². The highest BCUT2D eigenvalue weighted by molar-refractivity contribution is 7.12. The maximum Gasteiger partial charge on any atom is 0.227 e. The van der Waals surface area contributed by atoms with E-state index in [0.29, 0.717) is 24.5 Å². The van der Waals surface area contributed by atoms with Crippen molar-refractivity contribution >= 4 is 17.2 Å². The molecule has 0 aliphatic carbocycles. The van der Waals surface area contributed by atoms with Crippen LogP contribution in [0.4, 0.5) is 0 Å². The van der Waals surface area contributed by atoms with Gasteiger partial charge in [-0.2, -0.15) is 0 Å². The van der Waals surface area contributed by atoms with Crippen molar-refractivity contribution < 1.29 is 4.79 Å². The van der Waals surface area contributed by atoms with Crippen LogP contribution >= 0.6 is 11.3 Å². The van der Waals surface area contributed by atoms with Crippen LogP contribution in [-0.4, -0.2) is 41.0 Å². The number of thiazole rings is 1. The fraction of sp³-hybridized carbons (Fsp3) is 0.524. The third-order valence-electron chi connectivity index (χ3n) is 5.83. The molecule has 1 aromatic heterocycles. The van der Waals surface area contributed by atoms with Gasteiger partial charge >= 0.3 is 0 Å². The largest absolute Gasteiger partial charge is 0.342 e. The highest BCUT2D eigenvalue weighted by Gasteiger charge is 2.36. The van der Waals surface area contributed by atoms with Crippen LogP contribution in [0.5, 0.6) is 0 Å². The number of piperidine rings is 1. The zero-order chi connectivity index (χ0) is 18.3. The van der Waals surface area contributed by atoms with Crippen LogP contribution in [0.3, 0.4) is 0 Å². The van der Waals surface area contributed by atoms with Gasteiger partial charge in [0.1, 0.15) is 0 Å². The lowest BCUT2D eigenvalue weighted by Crippen LogP contribution is -2.49. The fourth-order valence-electron chi connectivity index (χ4n) is 4.34. The number of rotatable bonds is 4. The minimum Gasteiger partial charge on any atom is -0.342 e. The van der Waals surface area contributed by atoms with Gasteiger partial charge in [-0.15, -0.1) is 11.3 Å². The van der Waals surface area contributed by atoms with Gasteiger partial charge < -0.3 is 10.2 Å². The number of aromatic nitrogens is 1. The second-order valence-corrected chi connectivity index (χ2v) is 9.10. The zero-order valence-corrected chi connectivity index (χ0v) is 16.6. The zero-order valence-electron chi connectivity index (χ0n) is 15.8. The number of carbonyl (C=O) groups is 1. The van der Waals surface area contributed by atoms with Gasteiger partial charge in [-0.3, -0.25) is 4.79 Å². The fourth-order valence-corrected chi connectivity index (χ4v) is 5.28. The summed E-state index contributed by atoms with van der Waals surface area (Å²) in [5, 5.41) is 4.68. The lowest BCUT2D eigenvalue weighted by atomic mass is 9.98. The van der Waals surface area contributed by atoms with Crippen LogP contribution in [0.2, 0.25) is 0 Å². The molecule has 2 aliphatic rings. The van der Waals surface area contributed by atoms with Gasteiger partial charge in [0.05, 0.1) is 17.1 Å². The lowest BCUT2D eigenvalue weighted by Gasteiger charge is -2.35. The standard InChI is InChI=1S/C21H27N3OS/c1-13-4-6-15(7-5-13)21-19(26-14(2)22-21)12-20(25)24(3)18-10-16-8-9-17(11-18)23-16/h4-7,16-18,23H,8-12H2,1-3H3. The molecule has 0 saturated carbocycles. The molecular weight excluding hydrogens is 342 g/mol. The summed E-state index contributed by atoms with van der Waals surface area (Å²) in [6, 6.07) is 9.99. The SMILES string of the molecule is Cc1ccc(-c2nc(C)sc2CC(=O)N(C)C2CC3CCC(C2)N3)cc1. The molecule has 1 aromatic carbocycles. The van der Waals surface area contributed by atoms with Crippen molar-refractivity contribution in [3.63, 3.8) is 0 Å². The summed E-state index contributed by atoms with van der Waals surface area (Å²) < 4.78 is 0. The Hall–Kier alpha value is -1.72. The average Bonchev–Trinajstić information content (AvgIpc) is 3.16. The second-order valence-electron chi connectivity index (χ2n) is 7.82. The molecule has 2 aliphatic heterocycles. The van der Waals surface area contributed by atoms with Crippen molar-refractivity contribution in [3.8, 4) is 11.3 Å². The second kappa shape index (κ2) is 7.12. The number of fused-ring (bicyclic) bond motifs is 2. The third kappa shape index (κ3) is 3.55. The molecule has 2 bridgehead atoms. The Bertz CT molecular complexity index is 786. The topological polar surface area (TPSA) is 45.2 Å². The van der Waals surface area contributed by atoms with E-state index in [1.165, 1.54) is 18.4 Å². The van der Waals surface area contributed by atoms with Crippen LogP contribution in [-0.2, 0) is 11.2 Å². The van der Waals surface area contributed by atoms with E-state index in [1.54, 1.807) is 11.3 Å². The van der Waals surface area contributed by atoms with E-state index < -0.39 is 0 Å². The molecule has 0 spiro atoms. The van der Waals surface area contributed by atoms with Crippen LogP contribution < -0.4 is 5.32 Å². The monoisotopic (exact) mass is 369 g/mol. The molecular formula is C21H27N3OS. The maximum absolute atomic E-state index is 13.0. The van der Waals surface area contributed by atoms with Crippen molar-refractivity contribution in [3.05, 3.63) is 39.7 Å². The van der Waals surface area contributed by atoms with E-state index in [9.17, 15) is 4.79 Å². The predicted molar refractivity (Wildman–Crippen MR) is 106 cm³/mol. The average molecular weight is 370 g/mol. The summed E-state index contributed by atoms with van der Waals surface area (Å²) in [6.07, 6.45) is 5.14. The normalized spacial score (nSPS) is 24.7. The first-order chi connectivity index (χ1) is 12.5. The maximum atomic E-state index is 13.0. The van der Waals surface area contributed by atoms with Gasteiger partial charge in [-0.25, -0.2) is 4.98 Å². The first kappa shape index (κ1) is 17.7. The summed E-state index contributed by atoms with van der Waals surface area (Å²) in [7, 11) is 1.98. The third-order valence-corrected chi connectivity index (χ3v) is 6.80. The molecule has 2 saturated heterocycles. The summed E-state index contributed by atoms with van der Waals surface area (Å²) in [5.74, 6) is 0.216. The summed E-state index contributed by atoms with van der Waals surface area (Å²) in [5.41, 5.74) is 3.31. The number of amides is 1. The predicted octanol–water partition coefficient (Wildman–Crippen LogP) is 3.71. The Labute approximate surface area is 159 Å². The molecule has 5 heteroatoms. The van der Waals surface area contributed by atoms with Crippen LogP contribution in [0.15, 0.2) is 24.3 Å². The Morgan fingerprint density at radius 2 is 1.85 bits per heavy atom. The number of hydrogen-bond acceptors (Lipinski definition) is 4. The van der Waals surface area contributed by atoms with Crippen LogP contribution in [0, 0.1) is 13.8 Å². The van der Waals surface area contributed by atoms with Gasteiger partial charge in [-0.05, 0) is 39.5 Å². The quantitative estimate of drug-likeness (QED) is 0.894. The molecule has 2 unspecified atom stereocenters. The van der Waals surface area contributed by atoms with E-state index in [4.69, 9.17) is 4.98 Å². The number of hydrogen-bond donors (Lipinski definition) is 1. The first-order valence-corrected chi connectivity index (χ1v) is 10.4. The van der Waals surface area contributed by atoms with Crippen LogP contribution in [0.25, 0.3) is 11.3 Å². The molecule has 26 heavy (non-hydrogen) atoms. The highest BCUT2D eigenvalue weighted by atomic mass is 32.1. The minimum atomic E-state index is 0.216. The minimum absolute atomic E-state index is 0.216. The van der Waals surface area contributed by atoms with Crippen molar-refractivity contribution in [2.24, 2.45) is 0 Å². The Balaban J connectivity index is 1.50. The van der Waals surface area contributed by atoms with E-state index in [-0.39, 0.29) is 5.91 Å². The molecule has 138 valence electrons. The number of nitrogens with zero attached hydrogens (tertiary/aromatic N) is 2. The highest BCUT2D eigenvalue weighted by Crippen LogP contribution is 2.32. The number of carbonyl (C=O) groups excluding carboxylic acids is 1. The first-order valence-electron chi connectivity index (χ1n) is 9.54. The molecule has 0 radical (unpaired) electrons. The van der Waals surface area contributed by atoms with Gasteiger partial charge in [0.15, 0.2) is 0 Å². The molecule has 4 rings (SSSR count). The summed E-state index contributed by atoms with van der Waals surface area (Å²) >= 11 is 1.65. The van der Waals surface area contributed by atoms with Crippen LogP contribution in [0.1, 0.15) is 41.1 Å². The number of aryl methyl sites for hydroxylation is 2. The summed E-state index contributed by atoms with van der Waals surface area (Å²) in [6.45, 7) is 4.10. The Morgan fingerprint density at radius 1 is 1.19 bits per heavy atom. The van der Waals surface area contributed by atoms with Crippen molar-refractivity contribution in [2.75, 3.05) is 7.05 Å².